The Kier molecular flexibility index (Phi) is 13.6. The van der Waals surface area contributed by atoms with Gasteiger partial charge in [-0.3, -0.25) is 9.59 Å². The van der Waals surface area contributed by atoms with Gasteiger partial charge in [0.05, 0.1) is 30.8 Å². The van der Waals surface area contributed by atoms with Gasteiger partial charge in [-0.1, -0.05) is 19.3 Å². The van der Waals surface area contributed by atoms with Gasteiger partial charge in [0.15, 0.2) is 6.29 Å². The molecule has 5 rings (SSSR count). The Hall–Kier alpha value is -3.21. The first-order valence-corrected chi connectivity index (χ1v) is 18.3. The number of fused-ring (bicyclic) bond motifs is 1. The summed E-state index contributed by atoms with van der Waals surface area (Å²) in [5.74, 6) is 0.306. The van der Waals surface area contributed by atoms with Gasteiger partial charge in [-0.2, -0.15) is 24.9 Å². The number of amides is 4. The molecule has 21 heteroatoms. The number of aliphatic hydroxyl groups is 4. The number of urea groups is 1. The van der Waals surface area contributed by atoms with Gasteiger partial charge < -0.3 is 50.8 Å². The minimum Gasteiger partial charge on any atom is -0.394 e. The zero-order valence-electron chi connectivity index (χ0n) is 28.3. The highest BCUT2D eigenvalue weighted by Gasteiger charge is 2.65. The number of thioether (sulfide) groups is 1. The van der Waals surface area contributed by atoms with Gasteiger partial charge >= 0.3 is 17.9 Å². The van der Waals surface area contributed by atoms with Crippen LogP contribution in [0.5, 0.6) is 0 Å². The Labute approximate surface area is 301 Å². The number of aliphatic hydroxyl groups excluding tert-OH is 4. The standard InChI is InChI=1S/C31H45F3N8O9S/c32-31(33,34)30(40-41-30)17-11-36-21(37-12-17)13-42(23(45)15-50-28-27(48)26(47)25(46)19(14-43)51-28)10-6-2-1-5-9-35-22(44)8-4-3-7-20-24-18(16-52-20)38-29(49)39-24/h11-12,18-20,24-28,43,46-48H,1-10,13-16H2,(H,35,44)(H2,38,39,49)/t18?,19-,20+,24?,25-,26+,27+,28+/m1/s1. The SMILES string of the molecule is O=C(CCCC[C@@H]1SCC2NC(=O)NC21)NCCCCCCN(Cc1ncc(C2(C(F)(F)F)N=N2)cn1)C(=O)CO[C@H]1O[C@H](CO)[C@@H](O)[C@H](O)[C@@H]1O. The number of alkyl halides is 3. The second kappa shape index (κ2) is 17.7. The Morgan fingerprint density at radius 3 is 2.46 bits per heavy atom. The maximum atomic E-state index is 13.4. The lowest BCUT2D eigenvalue weighted by atomic mass is 9.99. The number of carbonyl (C=O) groups is 3. The number of carbonyl (C=O) groups excluding carboxylic acids is 3. The first kappa shape index (κ1) is 40.0. The predicted molar refractivity (Wildman–Crippen MR) is 175 cm³/mol. The van der Waals surface area contributed by atoms with E-state index in [9.17, 15) is 48.0 Å². The normalized spacial score (nSPS) is 28.9. The van der Waals surface area contributed by atoms with Gasteiger partial charge in [0.2, 0.25) is 11.8 Å². The molecule has 0 saturated carbocycles. The molecule has 5 heterocycles. The molecule has 7 N–H and O–H groups in total. The second-order valence-corrected chi connectivity index (χ2v) is 14.5. The molecule has 2 unspecified atom stereocenters. The van der Waals surface area contributed by atoms with Crippen molar-refractivity contribution in [1.29, 1.82) is 0 Å². The monoisotopic (exact) mass is 762 g/mol. The van der Waals surface area contributed by atoms with Crippen molar-refractivity contribution in [3.8, 4) is 0 Å². The molecule has 0 radical (unpaired) electrons. The van der Waals surface area contributed by atoms with Crippen molar-refractivity contribution in [2.45, 2.75) is 118 Å². The van der Waals surface area contributed by atoms with Crippen molar-refractivity contribution >= 4 is 29.6 Å². The van der Waals surface area contributed by atoms with Crippen LogP contribution >= 0.6 is 11.8 Å². The Morgan fingerprint density at radius 2 is 1.77 bits per heavy atom. The average molecular weight is 763 g/mol. The van der Waals surface area contributed by atoms with Crippen LogP contribution in [0.1, 0.15) is 62.8 Å². The molecular formula is C31H45F3N8O9S. The minimum atomic E-state index is -4.75. The van der Waals surface area contributed by atoms with Crippen molar-refractivity contribution < 1.29 is 57.5 Å². The average Bonchev–Trinajstić information content (AvgIpc) is 3.75. The summed E-state index contributed by atoms with van der Waals surface area (Å²) in [6.07, 6.45) is -5.00. The lowest BCUT2D eigenvalue weighted by molar-refractivity contribution is -0.299. The summed E-state index contributed by atoms with van der Waals surface area (Å²) in [4.78, 5) is 46.4. The van der Waals surface area contributed by atoms with Crippen LogP contribution in [0.2, 0.25) is 0 Å². The minimum absolute atomic E-state index is 0.0276. The Balaban J connectivity index is 1.03. The summed E-state index contributed by atoms with van der Waals surface area (Å²) < 4.78 is 50.9. The first-order chi connectivity index (χ1) is 24.8. The molecule has 3 fully saturated rings. The lowest BCUT2D eigenvalue weighted by Crippen LogP contribution is -2.59. The smallest absolute Gasteiger partial charge is 0.394 e. The highest BCUT2D eigenvalue weighted by Crippen LogP contribution is 2.51. The number of rotatable bonds is 19. The molecule has 0 spiro atoms. The van der Waals surface area contributed by atoms with Gasteiger partial charge in [0.25, 0.3) is 0 Å². The second-order valence-electron chi connectivity index (χ2n) is 13.2. The third-order valence-corrected chi connectivity index (χ3v) is 11.0. The maximum Gasteiger partial charge on any atom is 0.442 e. The van der Waals surface area contributed by atoms with Crippen LogP contribution in [0.15, 0.2) is 22.6 Å². The summed E-state index contributed by atoms with van der Waals surface area (Å²) in [5, 5.41) is 55.1. The number of hydrogen-bond acceptors (Lipinski definition) is 14. The van der Waals surface area contributed by atoms with E-state index in [4.69, 9.17) is 9.47 Å². The predicted octanol–water partition coefficient (Wildman–Crippen LogP) is 0.205. The van der Waals surface area contributed by atoms with Crippen LogP contribution in [0.3, 0.4) is 0 Å². The van der Waals surface area contributed by atoms with Crippen LogP contribution in [-0.2, 0) is 31.3 Å². The molecule has 0 aliphatic carbocycles. The van der Waals surface area contributed by atoms with Crippen molar-refractivity contribution in [3.63, 3.8) is 0 Å². The molecule has 4 aliphatic rings. The van der Waals surface area contributed by atoms with Crippen LogP contribution in [-0.4, -0.2) is 139 Å². The highest BCUT2D eigenvalue weighted by atomic mass is 32.2. The van der Waals surface area contributed by atoms with Gasteiger partial charge in [-0.05, 0) is 25.7 Å². The Bertz CT molecular complexity index is 1410. The van der Waals surface area contributed by atoms with E-state index in [-0.39, 0.29) is 48.5 Å². The molecule has 1 aromatic heterocycles. The molecule has 3 saturated heterocycles. The fraction of sp³-hybridized carbons (Fsp3) is 0.774. The van der Waals surface area contributed by atoms with E-state index in [1.807, 2.05) is 11.8 Å². The zero-order chi connectivity index (χ0) is 37.5. The number of nitrogens with zero attached hydrogens (tertiary/aromatic N) is 5. The van der Waals surface area contributed by atoms with Crippen LogP contribution in [0, 0.1) is 0 Å². The van der Waals surface area contributed by atoms with Crippen molar-refractivity contribution in [1.82, 2.24) is 30.8 Å². The number of ether oxygens (including phenoxy) is 2. The summed E-state index contributed by atoms with van der Waals surface area (Å²) in [7, 11) is 0. The van der Waals surface area contributed by atoms with E-state index in [1.54, 1.807) is 0 Å². The third-order valence-electron chi connectivity index (χ3n) is 9.47. The molecule has 0 aromatic carbocycles. The zero-order valence-corrected chi connectivity index (χ0v) is 29.1. The molecule has 8 atom stereocenters. The van der Waals surface area contributed by atoms with Crippen molar-refractivity contribution in [3.05, 3.63) is 23.8 Å². The number of hydrogen-bond donors (Lipinski definition) is 7. The summed E-state index contributed by atoms with van der Waals surface area (Å²) in [6, 6.07) is 0.214. The van der Waals surface area contributed by atoms with E-state index >= 15 is 0 Å². The molecule has 4 aliphatic heterocycles. The fourth-order valence-electron chi connectivity index (χ4n) is 6.34. The number of nitrogens with one attached hydrogen (secondary N) is 3. The van der Waals surface area contributed by atoms with Crippen molar-refractivity contribution in [2.75, 3.05) is 32.1 Å². The Morgan fingerprint density at radius 1 is 1.04 bits per heavy atom. The van der Waals surface area contributed by atoms with Crippen molar-refractivity contribution in [2.24, 2.45) is 10.2 Å². The molecule has 0 bridgehead atoms. The molecule has 4 amide bonds. The lowest BCUT2D eigenvalue weighted by Gasteiger charge is -2.39. The molecular weight excluding hydrogens is 717 g/mol. The summed E-state index contributed by atoms with van der Waals surface area (Å²) in [6.45, 7) is -0.832. The molecule has 1 aromatic rings. The van der Waals surface area contributed by atoms with E-state index in [2.05, 4.69) is 36.1 Å². The fourth-order valence-corrected chi connectivity index (χ4v) is 7.89. The van der Waals surface area contributed by atoms with Gasteiger partial charge in [-0.15, -0.1) is 10.2 Å². The van der Waals surface area contributed by atoms with Crippen LogP contribution < -0.4 is 16.0 Å². The van der Waals surface area contributed by atoms with Crippen LogP contribution in [0.25, 0.3) is 0 Å². The topological polar surface area (TPSA) is 240 Å². The summed E-state index contributed by atoms with van der Waals surface area (Å²) in [5.41, 5.74) is -3.05. The van der Waals surface area contributed by atoms with E-state index in [0.717, 1.165) is 43.8 Å². The van der Waals surface area contributed by atoms with Crippen LogP contribution in [0.4, 0.5) is 18.0 Å². The van der Waals surface area contributed by atoms with Gasteiger partial charge in [0, 0.05) is 42.9 Å². The first-order valence-electron chi connectivity index (χ1n) is 17.3. The van der Waals surface area contributed by atoms with E-state index in [0.29, 0.717) is 37.5 Å². The molecule has 17 nitrogen and oxygen atoms in total. The molecule has 52 heavy (non-hydrogen) atoms. The highest BCUT2D eigenvalue weighted by molar-refractivity contribution is 8.00. The van der Waals surface area contributed by atoms with E-state index in [1.165, 1.54) is 4.90 Å². The largest absolute Gasteiger partial charge is 0.442 e. The van der Waals surface area contributed by atoms with Gasteiger partial charge in [0.1, 0.15) is 36.8 Å². The van der Waals surface area contributed by atoms with Gasteiger partial charge in [-0.25, -0.2) is 14.8 Å². The number of aromatic nitrogens is 2. The quantitative estimate of drug-likeness (QED) is 0.0740. The number of unbranched alkanes of at least 4 members (excludes halogenated alkanes) is 4. The maximum absolute atomic E-state index is 13.4. The third kappa shape index (κ3) is 9.85. The van der Waals surface area contributed by atoms with E-state index < -0.39 is 61.7 Å². The summed E-state index contributed by atoms with van der Waals surface area (Å²) >= 11 is 1.85. The number of halogens is 3. The molecule has 290 valence electrons.